The third kappa shape index (κ3) is 5.91. The van der Waals surface area contributed by atoms with Gasteiger partial charge in [-0.25, -0.2) is 9.97 Å². The molecule has 16 rings (SSSR count). The smallest absolute Gasteiger partial charge is 0.0974 e. The molecule has 0 aliphatic rings. The number of fused-ring (bicyclic) bond motifs is 14. The van der Waals surface area contributed by atoms with Crippen LogP contribution >= 0.6 is 0 Å². The summed E-state index contributed by atoms with van der Waals surface area (Å²) in [5.74, 6) is 0. The van der Waals surface area contributed by atoms with Gasteiger partial charge >= 0.3 is 0 Å². The van der Waals surface area contributed by atoms with Crippen LogP contribution in [0.3, 0.4) is 0 Å². The summed E-state index contributed by atoms with van der Waals surface area (Å²) < 4.78 is 7.29. The second-order valence-electron chi connectivity index (χ2n) is 19.3. The standard InChI is InChI=1S/C68H41N5/c1-2-18-48(19-3-1)71-59-27-13-8-22-52(59)54-34-31-45(39-64(54)71)67-68(70-58-26-12-11-25-57(58)69-67)47-36-44-17-5-6-20-50(44)63(41-47)73-60-28-14-9-23-53(60)56-38-43-30-33-49(37-46(43)40-65(56)73)72-61-29-15-10-24-55(61)66-51-21-7-4-16-42(51)32-35-62(66)72/h1-41H. The molecular formula is C68H41N5. The van der Waals surface area contributed by atoms with Crippen molar-refractivity contribution in [2.24, 2.45) is 0 Å². The van der Waals surface area contributed by atoms with Crippen LogP contribution < -0.4 is 0 Å². The summed E-state index contributed by atoms with van der Waals surface area (Å²) in [6.45, 7) is 0. The highest BCUT2D eigenvalue weighted by Gasteiger charge is 2.22. The maximum Gasteiger partial charge on any atom is 0.0974 e. The van der Waals surface area contributed by atoms with E-state index in [2.05, 4.69) is 250 Å². The van der Waals surface area contributed by atoms with Crippen molar-refractivity contribution >= 4 is 109 Å². The van der Waals surface area contributed by atoms with Gasteiger partial charge in [-0.2, -0.15) is 0 Å². The van der Waals surface area contributed by atoms with E-state index in [0.717, 1.165) is 77.9 Å². The first kappa shape index (κ1) is 39.9. The molecule has 0 atom stereocenters. The number of hydrogen-bond donors (Lipinski definition) is 0. The van der Waals surface area contributed by atoms with Crippen LogP contribution in [0.2, 0.25) is 0 Å². The van der Waals surface area contributed by atoms with E-state index in [1.165, 1.54) is 70.4 Å². The first-order chi connectivity index (χ1) is 36.2. The fraction of sp³-hybridized carbons (Fsp3) is 0. The van der Waals surface area contributed by atoms with Gasteiger partial charge in [-0.05, 0) is 118 Å². The molecule has 5 heteroatoms. The van der Waals surface area contributed by atoms with Crippen molar-refractivity contribution < 1.29 is 0 Å². The summed E-state index contributed by atoms with van der Waals surface area (Å²) in [6, 6.07) is 90.4. The number of hydrogen-bond acceptors (Lipinski definition) is 2. The number of benzene rings is 12. The predicted molar refractivity (Wildman–Crippen MR) is 306 cm³/mol. The summed E-state index contributed by atoms with van der Waals surface area (Å²) in [6.07, 6.45) is 0. The zero-order valence-electron chi connectivity index (χ0n) is 39.4. The van der Waals surface area contributed by atoms with Crippen molar-refractivity contribution in [3.05, 3.63) is 249 Å². The van der Waals surface area contributed by atoms with Crippen LogP contribution in [0, 0.1) is 0 Å². The fourth-order valence-corrected chi connectivity index (χ4v) is 12.1. The van der Waals surface area contributed by atoms with Gasteiger partial charge < -0.3 is 13.7 Å². The maximum atomic E-state index is 5.53. The Kier molecular flexibility index (Phi) is 8.39. The first-order valence-corrected chi connectivity index (χ1v) is 25.0. The van der Waals surface area contributed by atoms with Crippen LogP contribution in [0.25, 0.3) is 148 Å². The Morgan fingerprint density at radius 3 is 1.59 bits per heavy atom. The zero-order valence-corrected chi connectivity index (χ0v) is 39.4. The summed E-state index contributed by atoms with van der Waals surface area (Å²) in [5.41, 5.74) is 15.7. The van der Waals surface area contributed by atoms with Gasteiger partial charge in [0.2, 0.25) is 0 Å². The second-order valence-corrected chi connectivity index (χ2v) is 19.3. The van der Waals surface area contributed by atoms with Crippen LogP contribution in [0.5, 0.6) is 0 Å². The Bertz CT molecular complexity index is 4980. The molecule has 0 amide bonds. The van der Waals surface area contributed by atoms with E-state index in [0.29, 0.717) is 0 Å². The minimum Gasteiger partial charge on any atom is -0.309 e. The quantitative estimate of drug-likeness (QED) is 0.173. The Morgan fingerprint density at radius 2 is 0.808 bits per heavy atom. The SMILES string of the molecule is c1ccc(-n2c3ccccc3c3ccc(-c4nc5ccccc5nc4-c4cc(-n5c6ccccc6c6cc7ccc(-n8c9ccccc9c9c%10ccccc%10ccc98)cc7cc65)c5ccccc5c4)cc32)cc1. The van der Waals surface area contributed by atoms with Gasteiger partial charge in [0.05, 0.1) is 61.2 Å². The Labute approximate surface area is 418 Å². The van der Waals surface area contributed by atoms with Crippen molar-refractivity contribution in [3.63, 3.8) is 0 Å². The number of rotatable bonds is 5. The number of nitrogens with zero attached hydrogens (tertiary/aromatic N) is 5. The third-order valence-electron chi connectivity index (χ3n) is 15.3. The normalized spacial score (nSPS) is 12.1. The molecule has 12 aromatic carbocycles. The molecule has 0 N–H and O–H groups in total. The maximum absolute atomic E-state index is 5.53. The summed E-state index contributed by atoms with van der Waals surface area (Å²) in [7, 11) is 0. The highest BCUT2D eigenvalue weighted by molar-refractivity contribution is 6.22. The molecule has 0 saturated heterocycles. The fourth-order valence-electron chi connectivity index (χ4n) is 12.1. The van der Waals surface area contributed by atoms with E-state index in [1.807, 2.05) is 12.1 Å². The van der Waals surface area contributed by atoms with E-state index in [4.69, 9.17) is 9.97 Å². The van der Waals surface area contributed by atoms with Crippen LogP contribution in [0.1, 0.15) is 0 Å². The minimum atomic E-state index is 0.835. The lowest BCUT2D eigenvalue weighted by Gasteiger charge is -2.17. The number of para-hydroxylation sites is 6. The molecule has 0 fully saturated rings. The predicted octanol–water partition coefficient (Wildman–Crippen LogP) is 17.7. The molecule has 73 heavy (non-hydrogen) atoms. The number of aromatic nitrogens is 5. The van der Waals surface area contributed by atoms with Gasteiger partial charge in [-0.1, -0.05) is 158 Å². The van der Waals surface area contributed by atoms with Crippen LogP contribution in [0.15, 0.2) is 249 Å². The van der Waals surface area contributed by atoms with Gasteiger partial charge in [-0.15, -0.1) is 0 Å². The molecule has 4 aromatic heterocycles. The van der Waals surface area contributed by atoms with Crippen molar-refractivity contribution in [1.29, 1.82) is 0 Å². The minimum absolute atomic E-state index is 0.835. The molecule has 4 heterocycles. The van der Waals surface area contributed by atoms with Crippen LogP contribution in [-0.2, 0) is 0 Å². The van der Waals surface area contributed by atoms with E-state index in [9.17, 15) is 0 Å². The molecule has 0 saturated carbocycles. The highest BCUT2D eigenvalue weighted by Crippen LogP contribution is 2.43. The zero-order chi connectivity index (χ0) is 47.7. The van der Waals surface area contributed by atoms with Crippen molar-refractivity contribution in [2.75, 3.05) is 0 Å². The van der Waals surface area contributed by atoms with Gasteiger partial charge in [-0.3, -0.25) is 0 Å². The lowest BCUT2D eigenvalue weighted by Crippen LogP contribution is -2.00. The van der Waals surface area contributed by atoms with Gasteiger partial charge in [0.25, 0.3) is 0 Å². The highest BCUT2D eigenvalue weighted by atomic mass is 15.0. The molecular weight excluding hydrogens is 887 g/mol. The van der Waals surface area contributed by atoms with Crippen LogP contribution in [0.4, 0.5) is 0 Å². The van der Waals surface area contributed by atoms with Crippen molar-refractivity contribution in [2.45, 2.75) is 0 Å². The molecule has 0 unspecified atom stereocenters. The molecule has 0 bridgehead atoms. The largest absolute Gasteiger partial charge is 0.309 e. The van der Waals surface area contributed by atoms with E-state index in [1.54, 1.807) is 0 Å². The second kappa shape index (κ2) is 15.3. The van der Waals surface area contributed by atoms with Gasteiger partial charge in [0.1, 0.15) is 0 Å². The van der Waals surface area contributed by atoms with Gasteiger partial charge in [0.15, 0.2) is 0 Å². The lowest BCUT2D eigenvalue weighted by molar-refractivity contribution is 1.18. The summed E-state index contributed by atoms with van der Waals surface area (Å²) in [5, 5.41) is 14.5. The Hall–Kier alpha value is -9.84. The third-order valence-corrected chi connectivity index (χ3v) is 15.3. The van der Waals surface area contributed by atoms with Crippen molar-refractivity contribution in [1.82, 2.24) is 23.7 Å². The Morgan fingerprint density at radius 1 is 0.247 bits per heavy atom. The average molecular weight is 928 g/mol. The first-order valence-electron chi connectivity index (χ1n) is 25.0. The lowest BCUT2D eigenvalue weighted by atomic mass is 9.98. The summed E-state index contributed by atoms with van der Waals surface area (Å²) >= 11 is 0. The molecule has 0 radical (unpaired) electrons. The molecule has 5 nitrogen and oxygen atoms in total. The van der Waals surface area contributed by atoms with Crippen molar-refractivity contribution in [3.8, 4) is 39.6 Å². The summed E-state index contributed by atoms with van der Waals surface area (Å²) in [4.78, 5) is 11.0. The topological polar surface area (TPSA) is 40.6 Å². The average Bonchev–Trinajstić information content (AvgIpc) is 4.10. The molecule has 338 valence electrons. The Balaban J connectivity index is 0.936. The monoisotopic (exact) mass is 927 g/mol. The van der Waals surface area contributed by atoms with Crippen LogP contribution in [-0.4, -0.2) is 23.7 Å². The van der Waals surface area contributed by atoms with E-state index >= 15 is 0 Å². The molecule has 0 spiro atoms. The molecule has 16 aromatic rings. The molecule has 0 aliphatic carbocycles. The molecule has 0 aliphatic heterocycles. The van der Waals surface area contributed by atoms with E-state index < -0.39 is 0 Å². The van der Waals surface area contributed by atoms with E-state index in [-0.39, 0.29) is 0 Å². The van der Waals surface area contributed by atoms with Gasteiger partial charge in [0, 0.05) is 60.2 Å².